The van der Waals surface area contributed by atoms with Crippen LogP contribution >= 0.6 is 34.8 Å². The molecule has 5 aromatic rings. The number of pyridine rings is 1. The molecule has 1 aliphatic heterocycles. The van der Waals surface area contributed by atoms with E-state index in [-0.39, 0.29) is 6.04 Å². The van der Waals surface area contributed by atoms with Crippen LogP contribution in [0, 0.1) is 0 Å². The molecule has 0 spiro atoms. The number of halogens is 3. The van der Waals surface area contributed by atoms with Crippen molar-refractivity contribution in [2.45, 2.75) is 12.5 Å². The lowest BCUT2D eigenvalue weighted by Crippen LogP contribution is -2.18. The van der Waals surface area contributed by atoms with Gasteiger partial charge in [-0.1, -0.05) is 59.1 Å². The van der Waals surface area contributed by atoms with E-state index in [0.717, 1.165) is 51.2 Å². The highest BCUT2D eigenvalue weighted by atomic mass is 35.5. The maximum Gasteiger partial charge on any atom is 0.0831 e. The summed E-state index contributed by atoms with van der Waals surface area (Å²) in [4.78, 5) is 4.42. The van der Waals surface area contributed by atoms with Crippen molar-refractivity contribution in [2.24, 2.45) is 5.10 Å². The third-order valence-corrected chi connectivity index (χ3v) is 7.20. The third kappa shape index (κ3) is 5.01. The summed E-state index contributed by atoms with van der Waals surface area (Å²) in [6, 6.07) is 31.8. The van der Waals surface area contributed by atoms with E-state index in [9.17, 15) is 0 Å². The predicted molar refractivity (Wildman–Crippen MR) is 156 cm³/mol. The standard InChI is InChI=1S/C30H21Cl3N4/c31-21-5-1-20(2-6-21)30-18-28(36-37(30)25-12-7-22(32)8-13-25)19-3-10-24(11-4-19)35-27-15-16-34-29-17-23(33)9-14-26(27)29/h1-17,30H,18H2,(H,34,35). The topological polar surface area (TPSA) is 40.5 Å². The van der Waals surface area contributed by atoms with Crippen LogP contribution < -0.4 is 10.3 Å². The lowest BCUT2D eigenvalue weighted by molar-refractivity contribution is 0.709. The zero-order valence-corrected chi connectivity index (χ0v) is 21.8. The zero-order valence-electron chi connectivity index (χ0n) is 19.6. The molecule has 0 radical (unpaired) electrons. The minimum absolute atomic E-state index is 0.0567. The van der Waals surface area contributed by atoms with E-state index in [1.54, 1.807) is 6.20 Å². The quantitative estimate of drug-likeness (QED) is 0.240. The van der Waals surface area contributed by atoms with Gasteiger partial charge in [-0.25, -0.2) is 0 Å². The van der Waals surface area contributed by atoms with Crippen LogP contribution in [0.5, 0.6) is 0 Å². The van der Waals surface area contributed by atoms with Gasteiger partial charge < -0.3 is 5.32 Å². The number of nitrogens with zero attached hydrogens (tertiary/aromatic N) is 3. The molecule has 0 aliphatic carbocycles. The van der Waals surface area contributed by atoms with E-state index in [2.05, 4.69) is 51.7 Å². The van der Waals surface area contributed by atoms with E-state index in [4.69, 9.17) is 39.9 Å². The molecular formula is C30H21Cl3N4. The van der Waals surface area contributed by atoms with Gasteiger partial charge in [0.15, 0.2) is 0 Å². The van der Waals surface area contributed by atoms with E-state index < -0.39 is 0 Å². The molecule has 0 saturated heterocycles. The molecule has 0 bridgehead atoms. The molecule has 4 aromatic carbocycles. The molecule has 1 atom stereocenters. The lowest BCUT2D eigenvalue weighted by Gasteiger charge is -2.24. The molecule has 4 nitrogen and oxygen atoms in total. The smallest absolute Gasteiger partial charge is 0.0831 e. The Kier molecular flexibility index (Phi) is 6.47. The molecule has 1 aromatic heterocycles. The fourth-order valence-electron chi connectivity index (χ4n) is 4.59. The molecule has 6 rings (SSSR count). The van der Waals surface area contributed by atoms with Gasteiger partial charge in [-0.3, -0.25) is 9.99 Å². The fraction of sp³-hybridized carbons (Fsp3) is 0.0667. The summed E-state index contributed by atoms with van der Waals surface area (Å²) >= 11 is 18.4. The largest absolute Gasteiger partial charge is 0.355 e. The van der Waals surface area contributed by atoms with Crippen LogP contribution in [0.2, 0.25) is 15.1 Å². The number of hydrogen-bond acceptors (Lipinski definition) is 4. The third-order valence-electron chi connectivity index (χ3n) is 6.46. The summed E-state index contributed by atoms with van der Waals surface area (Å²) in [7, 11) is 0. The molecule has 2 heterocycles. The summed E-state index contributed by atoms with van der Waals surface area (Å²) in [6.07, 6.45) is 2.55. The van der Waals surface area contributed by atoms with Gasteiger partial charge in [0.25, 0.3) is 0 Å². The second-order valence-corrected chi connectivity index (χ2v) is 10.2. The van der Waals surface area contributed by atoms with Crippen molar-refractivity contribution >= 4 is 68.5 Å². The Morgan fingerprint density at radius 2 is 1.41 bits per heavy atom. The number of anilines is 3. The number of aromatic nitrogens is 1. The lowest BCUT2D eigenvalue weighted by atomic mass is 9.98. The first kappa shape index (κ1) is 23.8. The van der Waals surface area contributed by atoms with Crippen molar-refractivity contribution in [3.8, 4) is 0 Å². The van der Waals surface area contributed by atoms with Gasteiger partial charge in [0.2, 0.25) is 0 Å². The van der Waals surface area contributed by atoms with Crippen LogP contribution in [-0.2, 0) is 0 Å². The van der Waals surface area contributed by atoms with Gasteiger partial charge in [0.1, 0.15) is 0 Å². The van der Waals surface area contributed by atoms with Gasteiger partial charge in [-0.05, 0) is 83.9 Å². The molecular weight excluding hydrogens is 523 g/mol. The zero-order chi connectivity index (χ0) is 25.4. The van der Waals surface area contributed by atoms with Gasteiger partial charge in [0.05, 0.1) is 23.0 Å². The highest BCUT2D eigenvalue weighted by Crippen LogP contribution is 2.38. The molecule has 182 valence electrons. The van der Waals surface area contributed by atoms with Crippen molar-refractivity contribution in [1.82, 2.24) is 4.98 Å². The molecule has 0 saturated carbocycles. The van der Waals surface area contributed by atoms with E-state index in [1.165, 1.54) is 0 Å². The van der Waals surface area contributed by atoms with Crippen molar-refractivity contribution < 1.29 is 0 Å². The summed E-state index contributed by atoms with van der Waals surface area (Å²) in [5.74, 6) is 0. The van der Waals surface area contributed by atoms with Crippen LogP contribution in [0.3, 0.4) is 0 Å². The highest BCUT2D eigenvalue weighted by Gasteiger charge is 2.30. The Balaban J connectivity index is 1.28. The average molecular weight is 544 g/mol. The van der Waals surface area contributed by atoms with E-state index >= 15 is 0 Å². The van der Waals surface area contributed by atoms with Crippen LogP contribution in [0.1, 0.15) is 23.6 Å². The number of hydrogen-bond donors (Lipinski definition) is 1. The van der Waals surface area contributed by atoms with E-state index in [1.807, 2.05) is 60.7 Å². The van der Waals surface area contributed by atoms with Crippen LogP contribution in [0.15, 0.2) is 108 Å². The summed E-state index contributed by atoms with van der Waals surface area (Å²) < 4.78 is 0. The van der Waals surface area contributed by atoms with Crippen molar-refractivity contribution in [2.75, 3.05) is 10.3 Å². The monoisotopic (exact) mass is 542 g/mol. The summed E-state index contributed by atoms with van der Waals surface area (Å²) in [5, 5.41) is 13.7. The van der Waals surface area contributed by atoms with Crippen molar-refractivity contribution in [1.29, 1.82) is 0 Å². The number of nitrogens with one attached hydrogen (secondary N) is 1. The maximum atomic E-state index is 6.15. The molecule has 0 amide bonds. The van der Waals surface area contributed by atoms with Gasteiger partial charge >= 0.3 is 0 Å². The Morgan fingerprint density at radius 3 is 2.14 bits per heavy atom. The Bertz CT molecular complexity index is 1600. The van der Waals surface area contributed by atoms with E-state index in [0.29, 0.717) is 15.1 Å². The average Bonchev–Trinajstić information content (AvgIpc) is 3.35. The maximum absolute atomic E-state index is 6.15. The fourth-order valence-corrected chi connectivity index (χ4v) is 5.01. The minimum Gasteiger partial charge on any atom is -0.355 e. The Labute approximate surface area is 230 Å². The van der Waals surface area contributed by atoms with Crippen molar-refractivity contribution in [3.05, 3.63) is 129 Å². The SMILES string of the molecule is Clc1ccc(C2CC(c3ccc(Nc4ccnc5cc(Cl)ccc45)cc3)=NN2c2ccc(Cl)cc2)cc1. The first-order chi connectivity index (χ1) is 18.0. The van der Waals surface area contributed by atoms with Gasteiger partial charge in [-0.2, -0.15) is 5.10 Å². The summed E-state index contributed by atoms with van der Waals surface area (Å²) in [6.45, 7) is 0. The minimum atomic E-state index is 0.0567. The van der Waals surface area contributed by atoms with Crippen LogP contribution in [0.25, 0.3) is 10.9 Å². The normalized spacial score (nSPS) is 15.2. The van der Waals surface area contributed by atoms with Gasteiger partial charge in [-0.15, -0.1) is 0 Å². The number of fused-ring (bicyclic) bond motifs is 1. The molecule has 0 fully saturated rings. The molecule has 1 unspecified atom stereocenters. The second kappa shape index (κ2) is 10.1. The molecule has 1 N–H and O–H groups in total. The van der Waals surface area contributed by atoms with Crippen LogP contribution in [-0.4, -0.2) is 10.7 Å². The number of hydrazone groups is 1. The Hall–Kier alpha value is -3.57. The predicted octanol–water partition coefficient (Wildman–Crippen LogP) is 9.29. The number of benzene rings is 4. The first-order valence-electron chi connectivity index (χ1n) is 11.8. The highest BCUT2D eigenvalue weighted by molar-refractivity contribution is 6.31. The van der Waals surface area contributed by atoms with Gasteiger partial charge in [0, 0.05) is 44.4 Å². The Morgan fingerprint density at radius 1 is 0.730 bits per heavy atom. The van der Waals surface area contributed by atoms with Crippen LogP contribution in [0.4, 0.5) is 17.1 Å². The van der Waals surface area contributed by atoms with Crippen molar-refractivity contribution in [3.63, 3.8) is 0 Å². The number of rotatable bonds is 5. The second-order valence-electron chi connectivity index (χ2n) is 8.86. The molecule has 37 heavy (non-hydrogen) atoms. The summed E-state index contributed by atoms with van der Waals surface area (Å²) in [5.41, 5.74) is 7.05. The molecule has 1 aliphatic rings. The molecule has 7 heteroatoms. The first-order valence-corrected chi connectivity index (χ1v) is 13.0.